The number of amides is 1. The number of alkyl carbamates (subject to hydrolysis) is 1. The van der Waals surface area contributed by atoms with Crippen molar-refractivity contribution in [1.82, 2.24) is 5.32 Å². The van der Waals surface area contributed by atoms with Crippen LogP contribution in [0.3, 0.4) is 0 Å². The molecular weight excluding hydrogens is 164 g/mol. The highest BCUT2D eigenvalue weighted by atomic mass is 16.6. The minimum Gasteiger partial charge on any atom is -0.447 e. The third kappa shape index (κ3) is 5.90. The lowest BCUT2D eigenvalue weighted by Crippen LogP contribution is -2.32. The standard InChI is InChI=1S/C6H14N2O4/c7-1-2-8-6(11)12-4-5(10)3-9/h5,9-10H,1-4,7H2,(H,8,11). The number of carbonyl (C=O) groups excluding carboxylic acids is 1. The Morgan fingerprint density at radius 2 is 2.33 bits per heavy atom. The minimum absolute atomic E-state index is 0.215. The lowest BCUT2D eigenvalue weighted by Gasteiger charge is -2.08. The number of aliphatic hydroxyl groups excluding tert-OH is 2. The summed E-state index contributed by atoms with van der Waals surface area (Å²) in [5.41, 5.74) is 5.10. The summed E-state index contributed by atoms with van der Waals surface area (Å²) in [5, 5.41) is 19.4. The lowest BCUT2D eigenvalue weighted by atomic mass is 10.4. The Labute approximate surface area is 70.3 Å². The zero-order chi connectivity index (χ0) is 9.40. The summed E-state index contributed by atoms with van der Waals surface area (Å²) in [5.74, 6) is 0. The largest absolute Gasteiger partial charge is 0.447 e. The van der Waals surface area contributed by atoms with Gasteiger partial charge in [-0.1, -0.05) is 0 Å². The molecule has 0 aromatic rings. The summed E-state index contributed by atoms with van der Waals surface area (Å²) < 4.78 is 4.48. The molecule has 1 atom stereocenters. The third-order valence-corrected chi connectivity index (χ3v) is 1.03. The number of nitrogens with one attached hydrogen (secondary N) is 1. The van der Waals surface area contributed by atoms with Gasteiger partial charge in [-0.2, -0.15) is 0 Å². The van der Waals surface area contributed by atoms with E-state index in [9.17, 15) is 4.79 Å². The van der Waals surface area contributed by atoms with Crippen LogP contribution in [0.15, 0.2) is 0 Å². The van der Waals surface area contributed by atoms with Crippen molar-refractivity contribution in [2.75, 3.05) is 26.3 Å². The molecule has 0 rings (SSSR count). The first-order valence-corrected chi connectivity index (χ1v) is 3.60. The SMILES string of the molecule is NCCNC(=O)OCC(O)CO. The molecule has 0 aliphatic heterocycles. The van der Waals surface area contributed by atoms with E-state index in [4.69, 9.17) is 15.9 Å². The van der Waals surface area contributed by atoms with E-state index in [1.807, 2.05) is 0 Å². The van der Waals surface area contributed by atoms with Crippen LogP contribution < -0.4 is 11.1 Å². The van der Waals surface area contributed by atoms with Gasteiger partial charge in [0.15, 0.2) is 0 Å². The van der Waals surface area contributed by atoms with Gasteiger partial charge in [-0.25, -0.2) is 4.79 Å². The summed E-state index contributed by atoms with van der Waals surface area (Å²) in [6.45, 7) is 0.0166. The van der Waals surface area contributed by atoms with Gasteiger partial charge in [0.1, 0.15) is 12.7 Å². The van der Waals surface area contributed by atoms with E-state index in [-0.39, 0.29) is 6.61 Å². The van der Waals surface area contributed by atoms with E-state index in [2.05, 4.69) is 10.1 Å². The highest BCUT2D eigenvalue weighted by molar-refractivity contribution is 5.67. The van der Waals surface area contributed by atoms with Crippen LogP contribution in [0.5, 0.6) is 0 Å². The maximum Gasteiger partial charge on any atom is 0.407 e. The van der Waals surface area contributed by atoms with Crippen LogP contribution in [-0.2, 0) is 4.74 Å². The maximum atomic E-state index is 10.6. The molecular formula is C6H14N2O4. The quantitative estimate of drug-likeness (QED) is 0.390. The van der Waals surface area contributed by atoms with Crippen molar-refractivity contribution in [3.05, 3.63) is 0 Å². The molecule has 0 spiro atoms. The molecule has 6 nitrogen and oxygen atoms in total. The van der Waals surface area contributed by atoms with Crippen LogP contribution in [0.1, 0.15) is 0 Å². The first-order chi connectivity index (χ1) is 5.70. The number of hydrogen-bond donors (Lipinski definition) is 4. The van der Waals surface area contributed by atoms with Crippen molar-refractivity contribution in [3.63, 3.8) is 0 Å². The van der Waals surface area contributed by atoms with Crippen molar-refractivity contribution in [1.29, 1.82) is 0 Å². The Balaban J connectivity index is 3.31. The van der Waals surface area contributed by atoms with Crippen LogP contribution in [0.2, 0.25) is 0 Å². The number of carbonyl (C=O) groups is 1. The smallest absolute Gasteiger partial charge is 0.407 e. The summed E-state index contributed by atoms with van der Waals surface area (Å²) >= 11 is 0. The van der Waals surface area contributed by atoms with E-state index >= 15 is 0 Å². The Hall–Kier alpha value is -0.850. The predicted octanol–water partition coefficient (Wildman–Crippen LogP) is -1.98. The molecule has 0 saturated heterocycles. The summed E-state index contributed by atoms with van der Waals surface area (Å²) in [6.07, 6.45) is -1.67. The molecule has 0 aromatic heterocycles. The van der Waals surface area contributed by atoms with Gasteiger partial charge in [0.25, 0.3) is 0 Å². The Morgan fingerprint density at radius 3 is 2.83 bits per heavy atom. The molecule has 5 N–H and O–H groups in total. The second-order valence-corrected chi connectivity index (χ2v) is 2.15. The monoisotopic (exact) mass is 178 g/mol. The summed E-state index contributed by atoms with van der Waals surface area (Å²) in [4.78, 5) is 10.6. The highest BCUT2D eigenvalue weighted by Gasteiger charge is 2.05. The number of nitrogens with two attached hydrogens (primary N) is 1. The number of ether oxygens (including phenoxy) is 1. The highest BCUT2D eigenvalue weighted by Crippen LogP contribution is 1.83. The molecule has 1 amide bonds. The van der Waals surface area contributed by atoms with E-state index in [0.29, 0.717) is 13.1 Å². The normalized spacial score (nSPS) is 12.2. The summed E-state index contributed by atoms with van der Waals surface area (Å²) in [6, 6.07) is 0. The molecule has 12 heavy (non-hydrogen) atoms. The summed E-state index contributed by atoms with van der Waals surface area (Å²) in [7, 11) is 0. The minimum atomic E-state index is -1.02. The fourth-order valence-corrected chi connectivity index (χ4v) is 0.450. The lowest BCUT2D eigenvalue weighted by molar-refractivity contribution is 0.0322. The van der Waals surface area contributed by atoms with Gasteiger partial charge in [0, 0.05) is 13.1 Å². The molecule has 0 heterocycles. The molecule has 0 bridgehead atoms. The zero-order valence-corrected chi connectivity index (χ0v) is 6.69. The van der Waals surface area contributed by atoms with E-state index in [1.54, 1.807) is 0 Å². The predicted molar refractivity (Wildman–Crippen MR) is 41.5 cm³/mol. The van der Waals surface area contributed by atoms with E-state index in [1.165, 1.54) is 0 Å². The molecule has 0 radical (unpaired) electrons. The zero-order valence-electron chi connectivity index (χ0n) is 6.69. The van der Waals surface area contributed by atoms with Crippen molar-refractivity contribution >= 4 is 6.09 Å². The Bertz CT molecular complexity index is 131. The van der Waals surface area contributed by atoms with Gasteiger partial charge in [-0.05, 0) is 0 Å². The molecule has 0 aliphatic carbocycles. The first-order valence-electron chi connectivity index (χ1n) is 3.60. The van der Waals surface area contributed by atoms with Crippen molar-refractivity contribution in [3.8, 4) is 0 Å². The fourth-order valence-electron chi connectivity index (χ4n) is 0.450. The first kappa shape index (κ1) is 11.2. The maximum absolute atomic E-state index is 10.6. The fraction of sp³-hybridized carbons (Fsp3) is 0.833. The van der Waals surface area contributed by atoms with Crippen molar-refractivity contribution < 1.29 is 19.7 Å². The third-order valence-electron chi connectivity index (χ3n) is 1.03. The Morgan fingerprint density at radius 1 is 1.67 bits per heavy atom. The topological polar surface area (TPSA) is 105 Å². The van der Waals surface area contributed by atoms with Crippen LogP contribution in [0.25, 0.3) is 0 Å². The van der Waals surface area contributed by atoms with Crippen LogP contribution >= 0.6 is 0 Å². The molecule has 72 valence electrons. The molecule has 0 aliphatic rings. The van der Waals surface area contributed by atoms with Crippen molar-refractivity contribution in [2.24, 2.45) is 5.73 Å². The molecule has 0 fully saturated rings. The number of rotatable bonds is 5. The van der Waals surface area contributed by atoms with Gasteiger partial charge in [0.05, 0.1) is 6.61 Å². The molecule has 1 unspecified atom stereocenters. The van der Waals surface area contributed by atoms with Crippen LogP contribution in [0.4, 0.5) is 4.79 Å². The van der Waals surface area contributed by atoms with E-state index < -0.39 is 18.8 Å². The number of aliphatic hydroxyl groups is 2. The van der Waals surface area contributed by atoms with Crippen LogP contribution in [0, 0.1) is 0 Å². The average Bonchev–Trinajstić information content (AvgIpc) is 2.10. The van der Waals surface area contributed by atoms with E-state index in [0.717, 1.165) is 0 Å². The second kappa shape index (κ2) is 6.84. The van der Waals surface area contributed by atoms with Gasteiger partial charge in [-0.3, -0.25) is 0 Å². The van der Waals surface area contributed by atoms with Gasteiger partial charge >= 0.3 is 6.09 Å². The van der Waals surface area contributed by atoms with Gasteiger partial charge in [0.2, 0.25) is 0 Å². The Kier molecular flexibility index (Phi) is 6.35. The molecule has 0 aromatic carbocycles. The van der Waals surface area contributed by atoms with Crippen LogP contribution in [-0.4, -0.2) is 48.7 Å². The second-order valence-electron chi connectivity index (χ2n) is 2.15. The van der Waals surface area contributed by atoms with Gasteiger partial charge in [-0.15, -0.1) is 0 Å². The average molecular weight is 178 g/mol. The van der Waals surface area contributed by atoms with Crippen molar-refractivity contribution in [2.45, 2.75) is 6.10 Å². The number of hydrogen-bond acceptors (Lipinski definition) is 5. The molecule has 6 heteroatoms. The molecule has 0 saturated carbocycles. The van der Waals surface area contributed by atoms with Gasteiger partial charge < -0.3 is 26.0 Å².